The maximum Gasteiger partial charge on any atom is 0.319 e. The summed E-state index contributed by atoms with van der Waals surface area (Å²) in [5, 5.41) is 11.4. The number of nitrogens with zero attached hydrogens (tertiary/aromatic N) is 1. The summed E-state index contributed by atoms with van der Waals surface area (Å²) in [6, 6.07) is 16.4. The van der Waals surface area contributed by atoms with Gasteiger partial charge in [0, 0.05) is 29.6 Å². The maximum atomic E-state index is 12.7. The Morgan fingerprint density at radius 2 is 1.74 bits per heavy atom. The molecular weight excluding hydrogens is 408 g/mol. The van der Waals surface area contributed by atoms with Crippen molar-refractivity contribution in [3.8, 4) is 10.6 Å². The fraction of sp³-hybridized carbons (Fsp3) is 0.292. The zero-order chi connectivity index (χ0) is 22.2. The van der Waals surface area contributed by atoms with E-state index in [0.29, 0.717) is 18.7 Å². The molecule has 3 N–H and O–H groups in total. The second-order valence-corrected chi connectivity index (χ2v) is 8.60. The lowest BCUT2D eigenvalue weighted by Gasteiger charge is -2.22. The quantitative estimate of drug-likeness (QED) is 0.482. The van der Waals surface area contributed by atoms with Crippen LogP contribution in [0.4, 0.5) is 10.5 Å². The number of para-hydroxylation sites is 1. The standard InChI is InChI=1S/C24H28N4O2S/c1-16(2)21(28-24(30)27-19-7-5-4-6-8-19)22(29)25-14-13-20-15-31-23(26-20)18-11-9-17(3)10-12-18/h4-12,15-16,21H,13-14H2,1-3H3,(H,25,29)(H2,27,28,30). The van der Waals surface area contributed by atoms with E-state index in [1.54, 1.807) is 23.5 Å². The van der Waals surface area contributed by atoms with Crippen molar-refractivity contribution in [1.82, 2.24) is 15.6 Å². The van der Waals surface area contributed by atoms with Gasteiger partial charge in [0.2, 0.25) is 5.91 Å². The second kappa shape index (κ2) is 10.7. The summed E-state index contributed by atoms with van der Waals surface area (Å²) in [4.78, 5) is 29.6. The molecule has 0 saturated carbocycles. The minimum absolute atomic E-state index is 0.0473. The Balaban J connectivity index is 1.50. The summed E-state index contributed by atoms with van der Waals surface area (Å²) in [5.41, 5.74) is 3.93. The van der Waals surface area contributed by atoms with Crippen LogP contribution < -0.4 is 16.0 Å². The predicted molar refractivity (Wildman–Crippen MR) is 126 cm³/mol. The number of thiazole rings is 1. The van der Waals surface area contributed by atoms with Gasteiger partial charge in [-0.15, -0.1) is 11.3 Å². The summed E-state index contributed by atoms with van der Waals surface area (Å²) in [6.07, 6.45) is 0.634. The fourth-order valence-corrected chi connectivity index (χ4v) is 3.90. The first-order chi connectivity index (χ1) is 14.9. The van der Waals surface area contributed by atoms with Crippen molar-refractivity contribution < 1.29 is 9.59 Å². The molecule has 0 aliphatic carbocycles. The van der Waals surface area contributed by atoms with Crippen LogP contribution in [0.5, 0.6) is 0 Å². The number of amides is 3. The van der Waals surface area contributed by atoms with Crippen LogP contribution in [0.15, 0.2) is 60.0 Å². The lowest BCUT2D eigenvalue weighted by Crippen LogP contribution is -2.51. The van der Waals surface area contributed by atoms with Gasteiger partial charge in [-0.05, 0) is 25.0 Å². The molecule has 162 valence electrons. The molecule has 1 unspecified atom stereocenters. The second-order valence-electron chi connectivity index (χ2n) is 7.74. The molecule has 0 fully saturated rings. The molecular formula is C24H28N4O2S. The first-order valence-corrected chi connectivity index (χ1v) is 11.2. The molecule has 0 bridgehead atoms. The summed E-state index contributed by atoms with van der Waals surface area (Å²) < 4.78 is 0. The number of anilines is 1. The smallest absolute Gasteiger partial charge is 0.319 e. The Kier molecular flexibility index (Phi) is 7.78. The molecule has 0 spiro atoms. The molecule has 0 aliphatic heterocycles. The number of benzene rings is 2. The number of hydrogen-bond acceptors (Lipinski definition) is 4. The maximum absolute atomic E-state index is 12.7. The summed E-state index contributed by atoms with van der Waals surface area (Å²) >= 11 is 1.60. The number of aryl methyl sites for hydroxylation is 1. The first-order valence-electron chi connectivity index (χ1n) is 10.3. The Bertz CT molecular complexity index is 1000. The predicted octanol–water partition coefficient (Wildman–Crippen LogP) is 4.62. The van der Waals surface area contributed by atoms with Crippen molar-refractivity contribution in [2.75, 3.05) is 11.9 Å². The number of carbonyl (C=O) groups excluding carboxylic acids is 2. The van der Waals surface area contributed by atoms with Gasteiger partial charge in [0.1, 0.15) is 11.0 Å². The third kappa shape index (κ3) is 6.65. The van der Waals surface area contributed by atoms with Crippen LogP contribution >= 0.6 is 11.3 Å². The molecule has 3 amide bonds. The normalized spacial score (nSPS) is 11.7. The minimum Gasteiger partial charge on any atom is -0.354 e. The monoisotopic (exact) mass is 436 g/mol. The molecule has 6 nitrogen and oxygen atoms in total. The van der Waals surface area contributed by atoms with Crippen LogP contribution in [0, 0.1) is 12.8 Å². The molecule has 1 aromatic heterocycles. The van der Waals surface area contributed by atoms with E-state index in [9.17, 15) is 9.59 Å². The molecule has 0 aliphatic rings. The van der Waals surface area contributed by atoms with Crippen molar-refractivity contribution >= 4 is 29.0 Å². The number of urea groups is 1. The zero-order valence-electron chi connectivity index (χ0n) is 18.0. The van der Waals surface area contributed by atoms with E-state index in [1.165, 1.54) is 5.56 Å². The number of hydrogen-bond donors (Lipinski definition) is 3. The van der Waals surface area contributed by atoms with E-state index < -0.39 is 12.1 Å². The van der Waals surface area contributed by atoms with Crippen LogP contribution in [-0.2, 0) is 11.2 Å². The third-order valence-corrected chi connectivity index (χ3v) is 5.74. The van der Waals surface area contributed by atoms with Gasteiger partial charge < -0.3 is 16.0 Å². The average Bonchev–Trinajstić information content (AvgIpc) is 3.22. The van der Waals surface area contributed by atoms with Gasteiger partial charge in [-0.25, -0.2) is 9.78 Å². The van der Waals surface area contributed by atoms with Crippen LogP contribution in [-0.4, -0.2) is 29.5 Å². The van der Waals surface area contributed by atoms with Crippen LogP contribution in [0.2, 0.25) is 0 Å². The molecule has 0 saturated heterocycles. The summed E-state index contributed by atoms with van der Waals surface area (Å²) in [5.74, 6) is -0.249. The van der Waals surface area contributed by atoms with E-state index in [-0.39, 0.29) is 11.8 Å². The van der Waals surface area contributed by atoms with Gasteiger partial charge in [0.25, 0.3) is 0 Å². The number of carbonyl (C=O) groups is 2. The highest BCUT2D eigenvalue weighted by Crippen LogP contribution is 2.24. The largest absolute Gasteiger partial charge is 0.354 e. The lowest BCUT2D eigenvalue weighted by molar-refractivity contribution is -0.123. The van der Waals surface area contributed by atoms with E-state index in [1.807, 2.05) is 37.4 Å². The molecule has 1 atom stereocenters. The molecule has 1 heterocycles. The Labute approximate surface area is 187 Å². The number of nitrogens with one attached hydrogen (secondary N) is 3. The summed E-state index contributed by atoms with van der Waals surface area (Å²) in [6.45, 7) is 6.33. The van der Waals surface area contributed by atoms with E-state index in [2.05, 4.69) is 52.1 Å². The highest BCUT2D eigenvalue weighted by molar-refractivity contribution is 7.13. The summed E-state index contributed by atoms with van der Waals surface area (Å²) in [7, 11) is 0. The Morgan fingerprint density at radius 3 is 2.42 bits per heavy atom. The van der Waals surface area contributed by atoms with Gasteiger partial charge in [-0.3, -0.25) is 4.79 Å². The van der Waals surface area contributed by atoms with E-state index >= 15 is 0 Å². The molecule has 3 aromatic rings. The van der Waals surface area contributed by atoms with E-state index in [0.717, 1.165) is 16.3 Å². The first kappa shape index (κ1) is 22.5. The molecule has 7 heteroatoms. The Hall–Kier alpha value is -3.19. The van der Waals surface area contributed by atoms with Crippen molar-refractivity contribution in [2.45, 2.75) is 33.2 Å². The van der Waals surface area contributed by atoms with Crippen molar-refractivity contribution in [3.05, 3.63) is 71.2 Å². The highest BCUT2D eigenvalue weighted by atomic mass is 32.1. The molecule has 0 radical (unpaired) electrons. The van der Waals surface area contributed by atoms with Gasteiger partial charge in [0.05, 0.1) is 5.69 Å². The van der Waals surface area contributed by atoms with Crippen LogP contribution in [0.3, 0.4) is 0 Å². The third-order valence-electron chi connectivity index (χ3n) is 4.80. The van der Waals surface area contributed by atoms with E-state index in [4.69, 9.17) is 0 Å². The zero-order valence-corrected chi connectivity index (χ0v) is 18.8. The number of rotatable bonds is 8. The number of aromatic nitrogens is 1. The van der Waals surface area contributed by atoms with Gasteiger partial charge in [0.15, 0.2) is 0 Å². The highest BCUT2D eigenvalue weighted by Gasteiger charge is 2.24. The lowest BCUT2D eigenvalue weighted by atomic mass is 10.0. The van der Waals surface area contributed by atoms with Gasteiger partial charge in [-0.1, -0.05) is 61.9 Å². The van der Waals surface area contributed by atoms with Crippen molar-refractivity contribution in [2.24, 2.45) is 5.92 Å². The van der Waals surface area contributed by atoms with Crippen LogP contribution in [0.1, 0.15) is 25.1 Å². The molecule has 31 heavy (non-hydrogen) atoms. The topological polar surface area (TPSA) is 83.1 Å². The van der Waals surface area contributed by atoms with Crippen molar-refractivity contribution in [3.63, 3.8) is 0 Å². The van der Waals surface area contributed by atoms with Gasteiger partial charge in [-0.2, -0.15) is 0 Å². The molecule has 2 aromatic carbocycles. The minimum atomic E-state index is -0.623. The molecule has 3 rings (SSSR count). The van der Waals surface area contributed by atoms with Gasteiger partial charge >= 0.3 is 6.03 Å². The van der Waals surface area contributed by atoms with Crippen molar-refractivity contribution in [1.29, 1.82) is 0 Å². The fourth-order valence-electron chi connectivity index (χ4n) is 3.04. The SMILES string of the molecule is Cc1ccc(-c2nc(CCNC(=O)C(NC(=O)Nc3ccccc3)C(C)C)cs2)cc1. The van der Waals surface area contributed by atoms with Crippen LogP contribution in [0.25, 0.3) is 10.6 Å². The average molecular weight is 437 g/mol. The Morgan fingerprint density at radius 1 is 1.03 bits per heavy atom.